The van der Waals surface area contributed by atoms with Crippen LogP contribution in [0.1, 0.15) is 12.5 Å². The van der Waals surface area contributed by atoms with E-state index >= 15 is 0 Å². The zero-order chi connectivity index (χ0) is 9.68. The third kappa shape index (κ3) is 2.49. The van der Waals surface area contributed by atoms with Gasteiger partial charge >= 0.3 is 0 Å². The highest BCUT2D eigenvalue weighted by atomic mass is 32.1. The minimum absolute atomic E-state index is 0.740. The number of rotatable bonds is 3. The molecule has 1 heteroatoms. The maximum Gasteiger partial charge on any atom is 0.0156 e. The van der Waals surface area contributed by atoms with Crippen molar-refractivity contribution in [2.24, 2.45) is 0 Å². The molecule has 0 aliphatic rings. The Morgan fingerprint density at radius 3 is 2.46 bits per heavy atom. The van der Waals surface area contributed by atoms with Gasteiger partial charge in [0.25, 0.3) is 0 Å². The fourth-order valence-corrected chi connectivity index (χ4v) is 1.56. The first-order valence-corrected chi connectivity index (χ1v) is 4.93. The minimum Gasteiger partial charge on any atom is -0.175 e. The van der Waals surface area contributed by atoms with Gasteiger partial charge in [-0.3, -0.25) is 0 Å². The Morgan fingerprint density at radius 1 is 1.38 bits per heavy atom. The molecule has 0 atom stereocenters. The molecule has 0 saturated carbocycles. The molecule has 0 aliphatic carbocycles. The van der Waals surface area contributed by atoms with Crippen LogP contribution in [-0.2, 0) is 0 Å². The SMILES string of the molecule is C=C(/C(=C\C)CS)c1ccccc1. The summed E-state index contributed by atoms with van der Waals surface area (Å²) in [7, 11) is 0. The van der Waals surface area contributed by atoms with Gasteiger partial charge in [0.1, 0.15) is 0 Å². The molecule has 0 amide bonds. The van der Waals surface area contributed by atoms with Crippen LogP contribution in [0, 0.1) is 0 Å². The molecule has 0 radical (unpaired) electrons. The Labute approximate surface area is 85.4 Å². The van der Waals surface area contributed by atoms with Crippen molar-refractivity contribution in [3.05, 3.63) is 54.1 Å². The fourth-order valence-electron chi connectivity index (χ4n) is 1.19. The van der Waals surface area contributed by atoms with Gasteiger partial charge in [-0.05, 0) is 23.6 Å². The average Bonchev–Trinajstić information content (AvgIpc) is 2.21. The first-order valence-electron chi connectivity index (χ1n) is 4.30. The van der Waals surface area contributed by atoms with E-state index in [0.717, 1.165) is 11.3 Å². The van der Waals surface area contributed by atoms with Crippen LogP contribution < -0.4 is 0 Å². The molecule has 13 heavy (non-hydrogen) atoms. The zero-order valence-electron chi connectivity index (χ0n) is 7.83. The van der Waals surface area contributed by atoms with E-state index in [9.17, 15) is 0 Å². The molecule has 1 rings (SSSR count). The summed E-state index contributed by atoms with van der Waals surface area (Å²) in [5, 5.41) is 0. The molecule has 0 saturated heterocycles. The molecule has 1 aromatic rings. The molecule has 1 aromatic carbocycles. The number of benzene rings is 1. The molecule has 0 nitrogen and oxygen atoms in total. The molecular formula is C12H14S. The van der Waals surface area contributed by atoms with E-state index in [2.05, 4.69) is 37.4 Å². The standard InChI is InChI=1S/C12H14S/c1-3-11(9-13)10(2)12-7-5-4-6-8-12/h3-8,13H,2,9H2,1H3/b11-3-. The lowest BCUT2D eigenvalue weighted by Gasteiger charge is -2.07. The molecule has 0 spiro atoms. The van der Waals surface area contributed by atoms with Crippen LogP contribution in [0.25, 0.3) is 5.57 Å². The molecular weight excluding hydrogens is 176 g/mol. The van der Waals surface area contributed by atoms with Gasteiger partial charge in [0.2, 0.25) is 0 Å². The van der Waals surface area contributed by atoms with Crippen molar-refractivity contribution in [3.63, 3.8) is 0 Å². The van der Waals surface area contributed by atoms with E-state index in [1.54, 1.807) is 0 Å². The second-order valence-corrected chi connectivity index (χ2v) is 3.13. The Balaban J connectivity index is 2.92. The van der Waals surface area contributed by atoms with Crippen LogP contribution in [0.5, 0.6) is 0 Å². The minimum atomic E-state index is 0.740. The lowest BCUT2D eigenvalue weighted by atomic mass is 10.0. The molecule has 0 N–H and O–H groups in total. The second-order valence-electron chi connectivity index (χ2n) is 2.82. The van der Waals surface area contributed by atoms with Gasteiger partial charge in [0.15, 0.2) is 0 Å². The summed E-state index contributed by atoms with van der Waals surface area (Å²) in [6.07, 6.45) is 2.06. The largest absolute Gasteiger partial charge is 0.175 e. The van der Waals surface area contributed by atoms with Crippen molar-refractivity contribution in [2.45, 2.75) is 6.92 Å². The Morgan fingerprint density at radius 2 is 2.00 bits per heavy atom. The fraction of sp³-hybridized carbons (Fsp3) is 0.167. The molecule has 0 bridgehead atoms. The number of hydrogen-bond acceptors (Lipinski definition) is 1. The molecule has 0 aromatic heterocycles. The monoisotopic (exact) mass is 190 g/mol. The van der Waals surface area contributed by atoms with Crippen LogP contribution in [0.4, 0.5) is 0 Å². The number of hydrogen-bond donors (Lipinski definition) is 1. The maximum atomic E-state index is 4.26. The summed E-state index contributed by atoms with van der Waals surface area (Å²) in [6.45, 7) is 6.06. The van der Waals surface area contributed by atoms with E-state index < -0.39 is 0 Å². The molecule has 68 valence electrons. The summed E-state index contributed by atoms with van der Waals surface area (Å²) in [5.41, 5.74) is 3.43. The highest BCUT2D eigenvalue weighted by Gasteiger charge is 2.01. The molecule has 0 fully saturated rings. The maximum absolute atomic E-state index is 4.26. The third-order valence-corrected chi connectivity index (χ3v) is 2.37. The van der Waals surface area contributed by atoms with Crippen LogP contribution in [0.15, 0.2) is 48.6 Å². The van der Waals surface area contributed by atoms with Crippen molar-refractivity contribution in [1.82, 2.24) is 0 Å². The van der Waals surface area contributed by atoms with E-state index in [0.29, 0.717) is 0 Å². The van der Waals surface area contributed by atoms with Gasteiger partial charge in [0.05, 0.1) is 0 Å². The second kappa shape index (κ2) is 4.93. The third-order valence-electron chi connectivity index (χ3n) is 2.03. The van der Waals surface area contributed by atoms with Crippen LogP contribution >= 0.6 is 12.6 Å². The highest BCUT2D eigenvalue weighted by Crippen LogP contribution is 2.21. The van der Waals surface area contributed by atoms with Crippen molar-refractivity contribution >= 4 is 18.2 Å². The zero-order valence-corrected chi connectivity index (χ0v) is 8.72. The highest BCUT2D eigenvalue weighted by molar-refractivity contribution is 7.80. The van der Waals surface area contributed by atoms with Crippen LogP contribution in [0.2, 0.25) is 0 Å². The van der Waals surface area contributed by atoms with Crippen molar-refractivity contribution in [3.8, 4) is 0 Å². The van der Waals surface area contributed by atoms with Gasteiger partial charge < -0.3 is 0 Å². The predicted octanol–water partition coefficient (Wildman–Crippen LogP) is 3.58. The van der Waals surface area contributed by atoms with Crippen molar-refractivity contribution in [1.29, 1.82) is 0 Å². The first kappa shape index (κ1) is 10.1. The lowest BCUT2D eigenvalue weighted by Crippen LogP contribution is -1.89. The van der Waals surface area contributed by atoms with Crippen LogP contribution in [-0.4, -0.2) is 5.75 Å². The van der Waals surface area contributed by atoms with E-state index in [1.165, 1.54) is 11.1 Å². The lowest BCUT2D eigenvalue weighted by molar-refractivity contribution is 1.49. The Hall–Kier alpha value is -0.950. The Kier molecular flexibility index (Phi) is 3.84. The van der Waals surface area contributed by atoms with Gasteiger partial charge in [-0.15, -0.1) is 0 Å². The van der Waals surface area contributed by atoms with Gasteiger partial charge in [-0.25, -0.2) is 0 Å². The topological polar surface area (TPSA) is 0 Å². The van der Waals surface area contributed by atoms with E-state index in [4.69, 9.17) is 0 Å². The smallest absolute Gasteiger partial charge is 0.0156 e. The van der Waals surface area contributed by atoms with Crippen molar-refractivity contribution < 1.29 is 0 Å². The molecule has 0 aliphatic heterocycles. The van der Waals surface area contributed by atoms with E-state index in [1.807, 2.05) is 25.1 Å². The number of thiol groups is 1. The summed E-state index contributed by atoms with van der Waals surface area (Å²) in [5.74, 6) is 0.740. The first-order chi connectivity index (χ1) is 6.29. The summed E-state index contributed by atoms with van der Waals surface area (Å²) >= 11 is 4.26. The Bertz CT molecular complexity index is 309. The van der Waals surface area contributed by atoms with Gasteiger partial charge in [-0.1, -0.05) is 43.0 Å². The summed E-state index contributed by atoms with van der Waals surface area (Å²) in [6, 6.07) is 10.2. The van der Waals surface area contributed by atoms with Gasteiger partial charge in [-0.2, -0.15) is 12.6 Å². The van der Waals surface area contributed by atoms with Crippen LogP contribution in [0.3, 0.4) is 0 Å². The normalized spacial score (nSPS) is 11.4. The molecule has 0 heterocycles. The summed E-state index contributed by atoms with van der Waals surface area (Å²) < 4.78 is 0. The average molecular weight is 190 g/mol. The number of allylic oxidation sites excluding steroid dienone is 2. The molecule has 0 unspecified atom stereocenters. The van der Waals surface area contributed by atoms with Crippen molar-refractivity contribution in [2.75, 3.05) is 5.75 Å². The quantitative estimate of drug-likeness (QED) is 0.546. The van der Waals surface area contributed by atoms with E-state index in [-0.39, 0.29) is 0 Å². The summed E-state index contributed by atoms with van der Waals surface area (Å²) in [4.78, 5) is 0. The van der Waals surface area contributed by atoms with Gasteiger partial charge in [0, 0.05) is 5.75 Å². The predicted molar refractivity (Wildman–Crippen MR) is 63.1 cm³/mol.